The van der Waals surface area contributed by atoms with Crippen molar-refractivity contribution in [2.75, 3.05) is 10.6 Å². The molecule has 4 aromatic rings. The van der Waals surface area contributed by atoms with E-state index in [0.29, 0.717) is 57.3 Å². The second-order valence-corrected chi connectivity index (χ2v) is 11.4. The molecule has 44 heavy (non-hydrogen) atoms. The molecule has 0 amide bonds. The lowest BCUT2D eigenvalue weighted by atomic mass is 9.98. The zero-order valence-corrected chi connectivity index (χ0v) is 24.9. The maximum absolute atomic E-state index is 13.0. The zero-order chi connectivity index (χ0) is 30.6. The Morgan fingerprint density at radius 1 is 1.11 bits per heavy atom. The molecule has 2 aliphatic rings. The Labute approximate surface area is 261 Å². The summed E-state index contributed by atoms with van der Waals surface area (Å²) in [5.74, 6) is -0.153. The molecule has 0 saturated heterocycles. The Hall–Kier alpha value is -5.09. The van der Waals surface area contributed by atoms with Crippen LogP contribution in [0, 0.1) is 22.7 Å². The first-order chi connectivity index (χ1) is 21.5. The van der Waals surface area contributed by atoms with E-state index in [1.165, 1.54) is 13.1 Å². The monoisotopic (exact) mass is 602 g/mol. The van der Waals surface area contributed by atoms with E-state index in [-0.39, 0.29) is 17.9 Å². The van der Waals surface area contributed by atoms with Gasteiger partial charge in [-0.15, -0.1) is 5.53 Å². The number of carbonyl (C=O) groups is 1. The topological polar surface area (TPSA) is 129 Å². The van der Waals surface area contributed by atoms with Gasteiger partial charge in [0.2, 0.25) is 0 Å². The molecule has 1 aliphatic heterocycles. The van der Waals surface area contributed by atoms with Gasteiger partial charge in [-0.3, -0.25) is 14.8 Å². The highest BCUT2D eigenvalue weighted by atomic mass is 35.5. The number of nitrogens with one attached hydrogen (secondary N) is 4. The summed E-state index contributed by atoms with van der Waals surface area (Å²) < 4.78 is 0. The Kier molecular flexibility index (Phi) is 8.33. The summed E-state index contributed by atoms with van der Waals surface area (Å²) in [4.78, 5) is 17.6. The number of halogens is 1. The number of Topliss-reactive ketones (excluding diaryl/α,β-unsaturated/α-hetero) is 1. The molecule has 2 heterocycles. The number of pyridine rings is 1. The van der Waals surface area contributed by atoms with Crippen molar-refractivity contribution < 1.29 is 4.79 Å². The Bertz CT molecular complexity index is 1820. The predicted octanol–water partition coefficient (Wildman–Crippen LogP) is 6.90. The van der Waals surface area contributed by atoms with Gasteiger partial charge in [0, 0.05) is 46.5 Å². The number of nitrogens with zero attached hydrogens (tertiary/aromatic N) is 4. The van der Waals surface area contributed by atoms with Crippen molar-refractivity contribution in [2.24, 2.45) is 0 Å². The van der Waals surface area contributed by atoms with E-state index >= 15 is 0 Å². The third-order valence-corrected chi connectivity index (χ3v) is 8.27. The highest BCUT2D eigenvalue weighted by Gasteiger charge is 2.33. The first kappa shape index (κ1) is 29.0. The van der Waals surface area contributed by atoms with Gasteiger partial charge in [-0.1, -0.05) is 60.1 Å². The molecule has 3 aromatic carbocycles. The van der Waals surface area contributed by atoms with Crippen molar-refractivity contribution in [1.29, 1.82) is 10.5 Å². The molecule has 4 N–H and O–H groups in total. The van der Waals surface area contributed by atoms with E-state index < -0.39 is 0 Å². The maximum Gasteiger partial charge on any atom is 0.162 e. The van der Waals surface area contributed by atoms with Gasteiger partial charge in [-0.25, -0.2) is 0 Å². The zero-order valence-electron chi connectivity index (χ0n) is 24.1. The minimum Gasteiger partial charge on any atom is -0.377 e. The average molecular weight is 603 g/mol. The molecule has 6 rings (SSSR count). The standard InChI is InChI=1S/C34H31ClN8O/c1-21(44)27-16-24(39-34(26-10-5-6-11-29(26)35)31-20-43(42-41-31)25-13-14-25)17-28-32(23(18-37)19-38-33(27)28)40-30(12-7-15-36)22-8-3-2-4-9-22/h2-6,8-11,16-17,19-20,25,30,34,39,41-42H,7,12-14H2,1H3,(H,38,40)/t30-,34?/m1/s1. The number of hydrogen-bond acceptors (Lipinski definition) is 9. The number of fused-ring (bicyclic) bond motifs is 1. The van der Waals surface area contributed by atoms with E-state index in [9.17, 15) is 15.3 Å². The largest absolute Gasteiger partial charge is 0.377 e. The van der Waals surface area contributed by atoms with Crippen LogP contribution in [0.5, 0.6) is 0 Å². The van der Waals surface area contributed by atoms with Crippen LogP contribution in [0.3, 0.4) is 0 Å². The van der Waals surface area contributed by atoms with E-state index in [0.717, 1.165) is 29.7 Å². The van der Waals surface area contributed by atoms with Gasteiger partial charge in [-0.05, 0) is 55.5 Å². The minimum absolute atomic E-state index is 0.153. The summed E-state index contributed by atoms with van der Waals surface area (Å²) in [6.07, 6.45) is 6.65. The normalized spacial score (nSPS) is 15.5. The van der Waals surface area contributed by atoms with Crippen LogP contribution in [0.2, 0.25) is 5.02 Å². The first-order valence-corrected chi connectivity index (χ1v) is 14.9. The van der Waals surface area contributed by atoms with Gasteiger partial charge in [-0.2, -0.15) is 10.5 Å². The van der Waals surface area contributed by atoms with Crippen molar-refractivity contribution >= 4 is 39.7 Å². The second kappa shape index (κ2) is 12.6. The number of rotatable bonds is 11. The predicted molar refractivity (Wildman–Crippen MR) is 171 cm³/mol. The molecule has 0 bridgehead atoms. The number of hydrazine groups is 2. The molecule has 1 unspecified atom stereocenters. The summed E-state index contributed by atoms with van der Waals surface area (Å²) >= 11 is 6.71. The van der Waals surface area contributed by atoms with E-state index in [1.54, 1.807) is 6.07 Å². The number of nitriles is 2. The van der Waals surface area contributed by atoms with Crippen LogP contribution in [0.1, 0.15) is 71.7 Å². The first-order valence-electron chi connectivity index (χ1n) is 14.6. The number of aromatic nitrogens is 1. The van der Waals surface area contributed by atoms with E-state index in [1.807, 2.05) is 66.9 Å². The number of anilines is 2. The third kappa shape index (κ3) is 6.02. The smallest absolute Gasteiger partial charge is 0.162 e. The SMILES string of the molecule is CC(=O)c1cc(NC(C2=CN(C3CC3)NN2)c2ccccc2Cl)cc2c(N[C@H](CCC#N)c3ccccc3)c(C#N)cnc12. The van der Waals surface area contributed by atoms with Gasteiger partial charge in [0.1, 0.15) is 6.07 Å². The van der Waals surface area contributed by atoms with Crippen molar-refractivity contribution in [1.82, 2.24) is 21.0 Å². The molecule has 220 valence electrons. The van der Waals surface area contributed by atoms with Crippen LogP contribution >= 0.6 is 11.6 Å². The molecule has 9 nitrogen and oxygen atoms in total. The van der Waals surface area contributed by atoms with Crippen LogP contribution in [-0.2, 0) is 0 Å². The fourth-order valence-corrected chi connectivity index (χ4v) is 5.77. The fourth-order valence-electron chi connectivity index (χ4n) is 5.52. The number of carbonyl (C=O) groups excluding carboxylic acids is 1. The van der Waals surface area contributed by atoms with E-state index in [4.69, 9.17) is 11.6 Å². The van der Waals surface area contributed by atoms with Crippen molar-refractivity contribution in [3.05, 3.63) is 112 Å². The summed E-state index contributed by atoms with van der Waals surface area (Å²) in [7, 11) is 0. The Morgan fingerprint density at radius 2 is 1.89 bits per heavy atom. The van der Waals surface area contributed by atoms with E-state index in [2.05, 4.69) is 43.7 Å². The lowest BCUT2D eigenvalue weighted by Gasteiger charge is -2.24. The van der Waals surface area contributed by atoms with Crippen LogP contribution in [-0.4, -0.2) is 21.8 Å². The summed E-state index contributed by atoms with van der Waals surface area (Å²) in [6.45, 7) is 1.51. The molecule has 2 atom stereocenters. The summed E-state index contributed by atoms with van der Waals surface area (Å²) in [6, 6.07) is 25.5. The van der Waals surface area contributed by atoms with Crippen LogP contribution in [0.15, 0.2) is 84.8 Å². The van der Waals surface area contributed by atoms with Gasteiger partial charge in [0.05, 0.1) is 40.6 Å². The summed E-state index contributed by atoms with van der Waals surface area (Å²) in [5.41, 5.74) is 11.7. The minimum atomic E-state index is -0.381. The number of hydrogen-bond donors (Lipinski definition) is 4. The number of ketones is 1. The lowest BCUT2D eigenvalue weighted by Crippen LogP contribution is -2.38. The molecule has 1 saturated carbocycles. The van der Waals surface area contributed by atoms with Gasteiger partial charge in [0.15, 0.2) is 5.78 Å². The fraction of sp³-hybridized carbons (Fsp3) is 0.235. The highest BCUT2D eigenvalue weighted by molar-refractivity contribution is 6.31. The highest BCUT2D eigenvalue weighted by Crippen LogP contribution is 2.38. The molecule has 1 aliphatic carbocycles. The van der Waals surface area contributed by atoms with Crippen molar-refractivity contribution in [3.63, 3.8) is 0 Å². The molecule has 0 spiro atoms. The Balaban J connectivity index is 1.47. The Morgan fingerprint density at radius 3 is 2.59 bits per heavy atom. The average Bonchev–Trinajstić information content (AvgIpc) is 3.78. The van der Waals surface area contributed by atoms with Crippen molar-refractivity contribution in [3.8, 4) is 12.1 Å². The molecule has 10 heteroatoms. The van der Waals surface area contributed by atoms with Crippen LogP contribution in [0.4, 0.5) is 11.4 Å². The lowest BCUT2D eigenvalue weighted by molar-refractivity contribution is 0.101. The molecule has 1 fully saturated rings. The molecule has 1 aromatic heterocycles. The summed E-state index contributed by atoms with van der Waals surface area (Å²) in [5, 5.41) is 29.9. The molecular formula is C34H31ClN8O. The van der Waals surface area contributed by atoms with Crippen LogP contribution < -0.4 is 21.6 Å². The van der Waals surface area contributed by atoms with Gasteiger partial charge < -0.3 is 16.1 Å². The van der Waals surface area contributed by atoms with Gasteiger partial charge >= 0.3 is 0 Å². The van der Waals surface area contributed by atoms with Gasteiger partial charge in [0.25, 0.3) is 0 Å². The second-order valence-electron chi connectivity index (χ2n) is 11.0. The van der Waals surface area contributed by atoms with Crippen molar-refractivity contribution in [2.45, 2.75) is 50.7 Å². The molecular weight excluding hydrogens is 572 g/mol. The third-order valence-electron chi connectivity index (χ3n) is 7.92. The van der Waals surface area contributed by atoms with Crippen LogP contribution in [0.25, 0.3) is 10.9 Å². The maximum atomic E-state index is 13.0. The quantitative estimate of drug-likeness (QED) is 0.135. The number of benzene rings is 3. The molecule has 0 radical (unpaired) electrons.